The van der Waals surface area contributed by atoms with Gasteiger partial charge in [-0.15, -0.1) is 0 Å². The molecule has 2 unspecified atom stereocenters. The van der Waals surface area contributed by atoms with Crippen molar-refractivity contribution in [2.24, 2.45) is 11.8 Å². The molecule has 1 aromatic rings. The van der Waals surface area contributed by atoms with E-state index in [0.717, 1.165) is 51.7 Å². The zero-order valence-electron chi connectivity index (χ0n) is 14.7. The van der Waals surface area contributed by atoms with Crippen LogP contribution < -0.4 is 0 Å². The van der Waals surface area contributed by atoms with Crippen LogP contribution >= 0.6 is 0 Å². The summed E-state index contributed by atoms with van der Waals surface area (Å²) in [5.41, 5.74) is 0.930. The smallest absolute Gasteiger partial charge is 0.233 e. The largest absolute Gasteiger partial charge is 0.341 e. The maximum atomic E-state index is 13.4. The van der Waals surface area contributed by atoms with Crippen molar-refractivity contribution in [3.05, 3.63) is 35.9 Å². The average molecular weight is 338 g/mol. The molecule has 0 radical (unpaired) electrons. The molecule has 0 N–H and O–H groups in total. The Bertz CT molecular complexity index is 697. The number of piperidine rings is 3. The van der Waals surface area contributed by atoms with E-state index in [9.17, 15) is 9.59 Å². The topological polar surface area (TPSA) is 40.6 Å². The average Bonchev–Trinajstić information content (AvgIpc) is 3.45. The minimum Gasteiger partial charge on any atom is -0.341 e. The Kier molecular flexibility index (Phi) is 3.44. The van der Waals surface area contributed by atoms with E-state index < -0.39 is 0 Å². The number of hydrogen-bond acceptors (Lipinski definition) is 2. The van der Waals surface area contributed by atoms with E-state index in [2.05, 4.69) is 21.9 Å². The van der Waals surface area contributed by atoms with Crippen LogP contribution in [-0.2, 0) is 15.0 Å². The number of amides is 2. The summed E-state index contributed by atoms with van der Waals surface area (Å²) in [6, 6.07) is 10.7. The molecule has 1 saturated carbocycles. The lowest BCUT2D eigenvalue weighted by molar-refractivity contribution is -0.149. The van der Waals surface area contributed by atoms with Crippen molar-refractivity contribution in [2.45, 2.75) is 50.0 Å². The van der Waals surface area contributed by atoms with Crippen LogP contribution in [0.15, 0.2) is 30.3 Å². The number of hydrogen-bond donors (Lipinski definition) is 0. The quantitative estimate of drug-likeness (QED) is 0.832. The second kappa shape index (κ2) is 5.58. The number of fused-ring (bicyclic) bond motifs is 4. The molecule has 0 spiro atoms. The summed E-state index contributed by atoms with van der Waals surface area (Å²) in [6.45, 7) is 2.54. The van der Waals surface area contributed by atoms with Gasteiger partial charge in [-0.2, -0.15) is 0 Å². The Hall–Kier alpha value is -1.84. The Labute approximate surface area is 149 Å². The molecule has 3 aliphatic heterocycles. The zero-order chi connectivity index (χ0) is 17.0. The van der Waals surface area contributed by atoms with Crippen molar-refractivity contribution in [1.29, 1.82) is 0 Å². The highest BCUT2D eigenvalue weighted by molar-refractivity contribution is 5.91. The number of nitrogens with zero attached hydrogens (tertiary/aromatic N) is 2. The van der Waals surface area contributed by atoms with Crippen molar-refractivity contribution in [1.82, 2.24) is 9.80 Å². The summed E-state index contributed by atoms with van der Waals surface area (Å²) >= 11 is 0. The normalized spacial score (nSPS) is 33.0. The van der Waals surface area contributed by atoms with E-state index in [-0.39, 0.29) is 5.41 Å². The van der Waals surface area contributed by atoms with Crippen molar-refractivity contribution in [3.8, 4) is 0 Å². The van der Waals surface area contributed by atoms with Gasteiger partial charge in [-0.05, 0) is 49.5 Å². The molecule has 3 saturated heterocycles. The number of likely N-dealkylation sites (tertiary alicyclic amines) is 1. The molecule has 5 rings (SSSR count). The third-order valence-corrected chi connectivity index (χ3v) is 6.95. The fourth-order valence-electron chi connectivity index (χ4n) is 5.59. The Balaban J connectivity index is 1.37. The Morgan fingerprint density at radius 1 is 1.08 bits per heavy atom. The minimum absolute atomic E-state index is 0.255. The van der Waals surface area contributed by atoms with Gasteiger partial charge in [-0.1, -0.05) is 30.3 Å². The van der Waals surface area contributed by atoms with E-state index in [1.165, 1.54) is 12.0 Å². The van der Waals surface area contributed by atoms with Crippen LogP contribution in [0.1, 0.15) is 44.1 Å². The Morgan fingerprint density at radius 3 is 2.64 bits per heavy atom. The molecule has 4 aliphatic rings. The molecule has 3 atom stereocenters. The van der Waals surface area contributed by atoms with Crippen molar-refractivity contribution >= 4 is 11.8 Å². The standard InChI is InChI=1S/C21H26N2O2/c24-19-8-4-7-18-16-11-15(13-23(18)19)12-22(14-16)20(25)21(9-10-21)17-5-2-1-3-6-17/h1-3,5-6,15-16,18H,4,7-14H2/t15?,16?,18-/m1/s1. The van der Waals surface area contributed by atoms with Crippen LogP contribution in [0.25, 0.3) is 0 Å². The van der Waals surface area contributed by atoms with Crippen molar-refractivity contribution in [2.75, 3.05) is 19.6 Å². The monoisotopic (exact) mass is 338 g/mol. The second-order valence-corrected chi connectivity index (χ2v) is 8.53. The summed E-state index contributed by atoms with van der Waals surface area (Å²) < 4.78 is 0. The minimum atomic E-state index is -0.255. The van der Waals surface area contributed by atoms with Gasteiger partial charge in [0, 0.05) is 32.1 Å². The van der Waals surface area contributed by atoms with Gasteiger partial charge in [0.15, 0.2) is 0 Å². The van der Waals surface area contributed by atoms with E-state index >= 15 is 0 Å². The van der Waals surface area contributed by atoms with Crippen LogP contribution in [0.2, 0.25) is 0 Å². The van der Waals surface area contributed by atoms with Crippen LogP contribution in [-0.4, -0.2) is 47.3 Å². The van der Waals surface area contributed by atoms with Gasteiger partial charge in [0.25, 0.3) is 0 Å². The van der Waals surface area contributed by atoms with E-state index in [4.69, 9.17) is 0 Å². The first-order chi connectivity index (χ1) is 12.2. The highest BCUT2D eigenvalue weighted by Gasteiger charge is 2.55. The summed E-state index contributed by atoms with van der Waals surface area (Å²) in [4.78, 5) is 30.0. The molecule has 2 amide bonds. The maximum Gasteiger partial charge on any atom is 0.233 e. The lowest BCUT2D eigenvalue weighted by atomic mass is 9.75. The lowest BCUT2D eigenvalue weighted by Gasteiger charge is -2.52. The fraction of sp³-hybridized carbons (Fsp3) is 0.619. The summed E-state index contributed by atoms with van der Waals surface area (Å²) in [5, 5.41) is 0. The van der Waals surface area contributed by atoms with E-state index in [0.29, 0.717) is 29.7 Å². The third kappa shape index (κ3) is 2.41. The summed E-state index contributed by atoms with van der Waals surface area (Å²) in [7, 11) is 0. The number of carbonyl (C=O) groups excluding carboxylic acids is 2. The molecule has 0 aromatic heterocycles. The third-order valence-electron chi connectivity index (χ3n) is 6.95. The summed E-state index contributed by atoms with van der Waals surface area (Å²) in [5.74, 6) is 1.62. The molecular weight excluding hydrogens is 312 g/mol. The first-order valence-electron chi connectivity index (χ1n) is 9.82. The van der Waals surface area contributed by atoms with Gasteiger partial charge in [-0.25, -0.2) is 0 Å². The SMILES string of the molecule is O=C1CCC[C@@H]2C3CC(CN(C(=O)C4(c5ccccc5)CC4)C3)CN12. The van der Waals surface area contributed by atoms with Gasteiger partial charge in [0.05, 0.1) is 5.41 Å². The van der Waals surface area contributed by atoms with Crippen LogP contribution in [0.3, 0.4) is 0 Å². The van der Waals surface area contributed by atoms with Gasteiger partial charge < -0.3 is 9.80 Å². The molecule has 4 heteroatoms. The van der Waals surface area contributed by atoms with Crippen LogP contribution in [0, 0.1) is 11.8 Å². The van der Waals surface area contributed by atoms with Crippen LogP contribution in [0.4, 0.5) is 0 Å². The molecular formula is C21H26N2O2. The maximum absolute atomic E-state index is 13.4. The number of benzene rings is 1. The van der Waals surface area contributed by atoms with Crippen molar-refractivity contribution in [3.63, 3.8) is 0 Å². The lowest BCUT2D eigenvalue weighted by Crippen LogP contribution is -2.62. The molecule has 1 aliphatic carbocycles. The highest BCUT2D eigenvalue weighted by atomic mass is 16.2. The second-order valence-electron chi connectivity index (χ2n) is 8.53. The first kappa shape index (κ1) is 15.4. The molecule has 3 heterocycles. The van der Waals surface area contributed by atoms with Gasteiger partial charge in [-0.3, -0.25) is 9.59 Å². The van der Waals surface area contributed by atoms with Crippen molar-refractivity contribution < 1.29 is 9.59 Å². The molecule has 1 aromatic carbocycles. The number of carbonyl (C=O) groups is 2. The molecule has 4 fully saturated rings. The summed E-state index contributed by atoms with van der Waals surface area (Å²) in [6.07, 6.45) is 6.01. The predicted molar refractivity (Wildman–Crippen MR) is 94.9 cm³/mol. The molecule has 2 bridgehead atoms. The highest BCUT2D eigenvalue weighted by Crippen LogP contribution is 2.50. The Morgan fingerprint density at radius 2 is 1.88 bits per heavy atom. The van der Waals surface area contributed by atoms with Gasteiger partial charge in [0.2, 0.25) is 11.8 Å². The predicted octanol–water partition coefficient (Wildman–Crippen LogP) is 2.58. The van der Waals surface area contributed by atoms with E-state index in [1.54, 1.807) is 0 Å². The molecule has 4 nitrogen and oxygen atoms in total. The molecule has 25 heavy (non-hydrogen) atoms. The molecule has 132 valence electrons. The van der Waals surface area contributed by atoms with Crippen LogP contribution in [0.5, 0.6) is 0 Å². The van der Waals surface area contributed by atoms with Gasteiger partial charge >= 0.3 is 0 Å². The van der Waals surface area contributed by atoms with E-state index in [1.807, 2.05) is 18.2 Å². The van der Waals surface area contributed by atoms with Gasteiger partial charge in [0.1, 0.15) is 0 Å². The number of rotatable bonds is 2. The zero-order valence-corrected chi connectivity index (χ0v) is 14.7. The fourth-order valence-corrected chi connectivity index (χ4v) is 5.59. The first-order valence-corrected chi connectivity index (χ1v) is 9.82.